The Bertz CT molecular complexity index is 722. The number of benzene rings is 1. The lowest BCUT2D eigenvalue weighted by molar-refractivity contribution is 0.0312. The molecule has 1 saturated carbocycles. The maximum absolute atomic E-state index is 12.9. The van der Waals surface area contributed by atoms with Crippen LogP contribution in [0.5, 0.6) is 0 Å². The van der Waals surface area contributed by atoms with Gasteiger partial charge in [-0.25, -0.2) is 4.98 Å². The molecule has 4 rings (SSSR count). The van der Waals surface area contributed by atoms with Gasteiger partial charge in [0.2, 0.25) is 0 Å². The summed E-state index contributed by atoms with van der Waals surface area (Å²) in [6.45, 7) is 3.05. The lowest BCUT2D eigenvalue weighted by Crippen LogP contribution is -2.53. The largest absolute Gasteiger partial charge is 0.391 e. The quantitative estimate of drug-likeness (QED) is 0.921. The van der Waals surface area contributed by atoms with Gasteiger partial charge in [0.1, 0.15) is 5.69 Å². The summed E-state index contributed by atoms with van der Waals surface area (Å²) >= 11 is 0. The summed E-state index contributed by atoms with van der Waals surface area (Å²) in [6, 6.07) is 10.1. The van der Waals surface area contributed by atoms with Crippen LogP contribution in [0.15, 0.2) is 42.9 Å². The molecule has 2 aromatic rings. The lowest BCUT2D eigenvalue weighted by Gasteiger charge is -2.39. The second-order valence-electron chi connectivity index (χ2n) is 6.88. The van der Waals surface area contributed by atoms with Crippen LogP contribution in [0, 0.1) is 0 Å². The molecule has 0 spiro atoms. The minimum atomic E-state index is -0.207. The molecule has 2 atom stereocenters. The molecule has 1 N–H and O–H groups in total. The zero-order valence-electron chi connectivity index (χ0n) is 14.3. The van der Waals surface area contributed by atoms with Crippen molar-refractivity contribution < 1.29 is 9.90 Å². The van der Waals surface area contributed by atoms with E-state index in [1.54, 1.807) is 12.5 Å². The molecule has 1 aromatic carbocycles. The topological polar surface area (TPSA) is 61.6 Å². The summed E-state index contributed by atoms with van der Waals surface area (Å²) < 4.78 is 1.84. The van der Waals surface area contributed by atoms with Gasteiger partial charge in [0.05, 0.1) is 18.6 Å². The molecule has 1 aliphatic heterocycles. The molecular weight excluding hydrogens is 316 g/mol. The summed E-state index contributed by atoms with van der Waals surface area (Å²) in [5.41, 5.74) is 1.54. The number of aliphatic hydroxyl groups is 1. The van der Waals surface area contributed by atoms with Gasteiger partial charge in [-0.2, -0.15) is 0 Å². The van der Waals surface area contributed by atoms with Crippen molar-refractivity contribution in [2.24, 2.45) is 0 Å². The van der Waals surface area contributed by atoms with E-state index < -0.39 is 0 Å². The minimum absolute atomic E-state index is 0.0213. The van der Waals surface area contributed by atoms with Gasteiger partial charge in [-0.05, 0) is 31.4 Å². The van der Waals surface area contributed by atoms with Crippen molar-refractivity contribution in [3.63, 3.8) is 0 Å². The highest BCUT2D eigenvalue weighted by Crippen LogP contribution is 2.25. The third kappa shape index (κ3) is 3.19. The summed E-state index contributed by atoms with van der Waals surface area (Å²) in [5, 5.41) is 10.1. The average Bonchev–Trinajstić information content (AvgIpc) is 3.31. The fourth-order valence-corrected chi connectivity index (χ4v) is 4.01. The molecule has 132 valence electrons. The van der Waals surface area contributed by atoms with E-state index in [2.05, 4.69) is 9.88 Å². The third-order valence-electron chi connectivity index (χ3n) is 5.41. The Kier molecular flexibility index (Phi) is 4.55. The third-order valence-corrected chi connectivity index (χ3v) is 5.41. The predicted octanol–water partition coefficient (Wildman–Crippen LogP) is 1.54. The Morgan fingerprint density at radius 3 is 2.52 bits per heavy atom. The number of piperazine rings is 1. The molecular formula is C19H24N4O2. The molecule has 2 aliphatic rings. The summed E-state index contributed by atoms with van der Waals surface area (Å²) in [6.07, 6.45) is 6.19. The number of imidazole rings is 1. The fourth-order valence-electron chi connectivity index (χ4n) is 4.01. The number of amides is 1. The van der Waals surface area contributed by atoms with Crippen LogP contribution in [0.1, 0.15) is 29.8 Å². The number of carbonyl (C=O) groups excluding carboxylic acids is 1. The van der Waals surface area contributed by atoms with E-state index >= 15 is 0 Å². The number of para-hydroxylation sites is 1. The highest BCUT2D eigenvalue weighted by atomic mass is 16.3. The molecule has 1 amide bonds. The summed E-state index contributed by atoms with van der Waals surface area (Å²) in [4.78, 5) is 21.4. The first-order valence-electron chi connectivity index (χ1n) is 9.03. The average molecular weight is 340 g/mol. The molecule has 0 radical (unpaired) electrons. The van der Waals surface area contributed by atoms with Gasteiger partial charge in [-0.3, -0.25) is 14.3 Å². The first-order valence-corrected chi connectivity index (χ1v) is 9.03. The van der Waals surface area contributed by atoms with Crippen molar-refractivity contribution in [2.75, 3.05) is 26.2 Å². The SMILES string of the molecule is O=C(c1cncn1-c1ccccc1)N1CCN([C@H]2CCC[C@H]2O)CC1. The fraction of sp³-hybridized carbons (Fsp3) is 0.474. The van der Waals surface area contributed by atoms with E-state index in [0.717, 1.165) is 38.0 Å². The van der Waals surface area contributed by atoms with Crippen LogP contribution in [-0.2, 0) is 0 Å². The van der Waals surface area contributed by atoms with Gasteiger partial charge in [0.15, 0.2) is 0 Å². The predicted molar refractivity (Wildman–Crippen MR) is 94.7 cm³/mol. The Morgan fingerprint density at radius 2 is 1.84 bits per heavy atom. The lowest BCUT2D eigenvalue weighted by atomic mass is 10.1. The van der Waals surface area contributed by atoms with Crippen LogP contribution >= 0.6 is 0 Å². The Hall–Kier alpha value is -2.18. The minimum Gasteiger partial charge on any atom is -0.391 e. The number of nitrogens with zero attached hydrogens (tertiary/aromatic N) is 4. The zero-order chi connectivity index (χ0) is 17.2. The van der Waals surface area contributed by atoms with E-state index in [1.807, 2.05) is 39.8 Å². The number of aromatic nitrogens is 2. The number of rotatable bonds is 3. The van der Waals surface area contributed by atoms with E-state index in [1.165, 1.54) is 0 Å². The van der Waals surface area contributed by atoms with E-state index in [9.17, 15) is 9.90 Å². The van der Waals surface area contributed by atoms with Gasteiger partial charge < -0.3 is 10.0 Å². The van der Waals surface area contributed by atoms with Crippen LogP contribution in [0.25, 0.3) is 5.69 Å². The molecule has 25 heavy (non-hydrogen) atoms. The summed E-state index contributed by atoms with van der Waals surface area (Å²) in [7, 11) is 0. The second-order valence-corrected chi connectivity index (χ2v) is 6.88. The monoisotopic (exact) mass is 340 g/mol. The van der Waals surface area contributed by atoms with E-state index in [4.69, 9.17) is 0 Å². The standard InChI is InChI=1S/C19H24N4O2/c24-18-8-4-7-16(18)21-9-11-22(12-10-21)19(25)17-13-20-14-23(17)15-5-2-1-3-6-15/h1-3,5-6,13-14,16,18,24H,4,7-12H2/t16-,18+/m0/s1. The van der Waals surface area contributed by atoms with Gasteiger partial charge in [-0.1, -0.05) is 18.2 Å². The molecule has 0 unspecified atom stereocenters. The van der Waals surface area contributed by atoms with Crippen LogP contribution < -0.4 is 0 Å². The Labute approximate surface area is 147 Å². The number of hydrogen-bond acceptors (Lipinski definition) is 4. The molecule has 1 saturated heterocycles. The molecule has 6 heteroatoms. The van der Waals surface area contributed by atoms with Crippen LogP contribution in [0.4, 0.5) is 0 Å². The van der Waals surface area contributed by atoms with Gasteiger partial charge in [0, 0.05) is 37.9 Å². The molecule has 2 heterocycles. The van der Waals surface area contributed by atoms with Gasteiger partial charge in [-0.15, -0.1) is 0 Å². The summed E-state index contributed by atoms with van der Waals surface area (Å²) in [5.74, 6) is 0.0213. The van der Waals surface area contributed by atoms with Crippen LogP contribution in [0.3, 0.4) is 0 Å². The van der Waals surface area contributed by atoms with E-state index in [0.29, 0.717) is 18.8 Å². The van der Waals surface area contributed by atoms with Gasteiger partial charge >= 0.3 is 0 Å². The molecule has 0 bridgehead atoms. The molecule has 1 aliphatic carbocycles. The normalized spacial score (nSPS) is 24.6. The zero-order valence-corrected chi connectivity index (χ0v) is 14.3. The Balaban J connectivity index is 1.44. The first-order chi connectivity index (χ1) is 12.2. The first kappa shape index (κ1) is 16.3. The molecule has 2 fully saturated rings. The van der Waals surface area contributed by atoms with Crippen LogP contribution in [0.2, 0.25) is 0 Å². The Morgan fingerprint density at radius 1 is 1.08 bits per heavy atom. The molecule has 1 aromatic heterocycles. The van der Waals surface area contributed by atoms with Gasteiger partial charge in [0.25, 0.3) is 5.91 Å². The van der Waals surface area contributed by atoms with Crippen LogP contribution in [-0.4, -0.2) is 68.7 Å². The van der Waals surface area contributed by atoms with Crippen molar-refractivity contribution >= 4 is 5.91 Å². The maximum atomic E-state index is 12.9. The van der Waals surface area contributed by atoms with Crippen molar-refractivity contribution in [3.05, 3.63) is 48.5 Å². The highest BCUT2D eigenvalue weighted by molar-refractivity contribution is 5.93. The van der Waals surface area contributed by atoms with Crippen molar-refractivity contribution in [1.82, 2.24) is 19.4 Å². The number of hydrogen-bond donors (Lipinski definition) is 1. The maximum Gasteiger partial charge on any atom is 0.272 e. The van der Waals surface area contributed by atoms with Crippen molar-refractivity contribution in [3.8, 4) is 5.69 Å². The highest BCUT2D eigenvalue weighted by Gasteiger charge is 2.33. The van der Waals surface area contributed by atoms with Crippen molar-refractivity contribution in [1.29, 1.82) is 0 Å². The number of aliphatic hydroxyl groups excluding tert-OH is 1. The molecule has 6 nitrogen and oxygen atoms in total. The van der Waals surface area contributed by atoms with E-state index in [-0.39, 0.29) is 18.1 Å². The number of carbonyl (C=O) groups is 1. The van der Waals surface area contributed by atoms with Crippen molar-refractivity contribution in [2.45, 2.75) is 31.4 Å². The smallest absolute Gasteiger partial charge is 0.272 e. The second kappa shape index (κ2) is 6.98.